The second-order valence-corrected chi connectivity index (χ2v) is 5.76. The summed E-state index contributed by atoms with van der Waals surface area (Å²) in [6.45, 7) is 0. The van der Waals surface area contributed by atoms with Crippen molar-refractivity contribution in [3.05, 3.63) is 0 Å². The molecule has 0 spiro atoms. The van der Waals surface area contributed by atoms with Gasteiger partial charge >= 0.3 is 0 Å². The summed E-state index contributed by atoms with van der Waals surface area (Å²) in [5.41, 5.74) is 0. The van der Waals surface area contributed by atoms with E-state index in [1.54, 1.807) is 0 Å². The number of imide groups is 1. The van der Waals surface area contributed by atoms with Gasteiger partial charge in [0.15, 0.2) is 0 Å². The van der Waals surface area contributed by atoms with Gasteiger partial charge in [-0.2, -0.15) is 0 Å². The highest BCUT2D eigenvalue weighted by Gasteiger charge is 2.33. The fourth-order valence-electron chi connectivity index (χ4n) is 1.40. The van der Waals surface area contributed by atoms with Gasteiger partial charge in [0.25, 0.3) is 0 Å². The number of hydrogen-bond donors (Lipinski definition) is 1. The number of piperidine rings is 1. The fraction of sp³-hybridized carbons (Fsp3) is 0.750. The number of sulfonamides is 1. The Morgan fingerprint density at radius 1 is 1.50 bits per heavy atom. The number of likely N-dealkylation sites (tertiary alicyclic amines) is 1. The average molecular weight is 269 g/mol. The number of hydrogen-bond acceptors (Lipinski definition) is 4. The molecule has 1 aliphatic heterocycles. The van der Waals surface area contributed by atoms with Crippen molar-refractivity contribution < 1.29 is 18.0 Å². The zero-order valence-electron chi connectivity index (χ0n) is 8.77. The summed E-state index contributed by atoms with van der Waals surface area (Å²) in [5.74, 6) is -1.09. The van der Waals surface area contributed by atoms with E-state index in [0.29, 0.717) is 0 Å². The van der Waals surface area contributed by atoms with Crippen molar-refractivity contribution in [2.24, 2.45) is 0 Å². The van der Waals surface area contributed by atoms with Crippen molar-refractivity contribution in [2.45, 2.75) is 18.9 Å². The van der Waals surface area contributed by atoms with Crippen molar-refractivity contribution in [1.29, 1.82) is 0 Å². The minimum Gasteiger partial charge on any atom is -0.284 e. The third kappa shape index (κ3) is 3.16. The van der Waals surface area contributed by atoms with E-state index in [-0.39, 0.29) is 30.4 Å². The Hall–Kier alpha value is -0.660. The van der Waals surface area contributed by atoms with Crippen LogP contribution in [0.25, 0.3) is 0 Å². The number of nitrogens with one attached hydrogen (secondary N) is 1. The SMILES string of the molecule is CN1C(=O)CCC(NS(=O)(=O)CCCl)C1=O. The largest absolute Gasteiger partial charge is 0.284 e. The van der Waals surface area contributed by atoms with Crippen LogP contribution < -0.4 is 4.72 Å². The van der Waals surface area contributed by atoms with Gasteiger partial charge in [0.1, 0.15) is 6.04 Å². The Balaban J connectivity index is 2.69. The van der Waals surface area contributed by atoms with E-state index in [1.165, 1.54) is 7.05 Å². The molecule has 1 atom stereocenters. The summed E-state index contributed by atoms with van der Waals surface area (Å²) in [6.07, 6.45) is 0.361. The number of amides is 2. The molecule has 16 heavy (non-hydrogen) atoms. The zero-order chi connectivity index (χ0) is 12.3. The maximum Gasteiger partial charge on any atom is 0.247 e. The summed E-state index contributed by atoms with van der Waals surface area (Å²) < 4.78 is 25.0. The van der Waals surface area contributed by atoms with Crippen LogP contribution in [-0.2, 0) is 19.6 Å². The van der Waals surface area contributed by atoms with Crippen LogP contribution in [0.1, 0.15) is 12.8 Å². The summed E-state index contributed by atoms with van der Waals surface area (Å²) in [6, 6.07) is -0.851. The molecule has 6 nitrogen and oxygen atoms in total. The first-order valence-corrected chi connectivity index (χ1v) is 6.92. The number of alkyl halides is 1. The quantitative estimate of drug-likeness (QED) is 0.539. The maximum atomic E-state index is 11.6. The third-order valence-electron chi connectivity index (χ3n) is 2.32. The van der Waals surface area contributed by atoms with Crippen LogP contribution in [0.2, 0.25) is 0 Å². The topological polar surface area (TPSA) is 83.6 Å². The first-order valence-electron chi connectivity index (χ1n) is 4.74. The van der Waals surface area contributed by atoms with Crippen LogP contribution in [0, 0.1) is 0 Å². The van der Waals surface area contributed by atoms with Gasteiger partial charge in [0.05, 0.1) is 5.75 Å². The fourth-order valence-corrected chi connectivity index (χ4v) is 2.98. The molecule has 1 heterocycles. The molecular weight excluding hydrogens is 256 g/mol. The summed E-state index contributed by atoms with van der Waals surface area (Å²) in [5, 5.41) is 0. The number of likely N-dealkylation sites (N-methyl/N-ethyl adjacent to an activating group) is 1. The van der Waals surface area contributed by atoms with Gasteiger partial charge in [0, 0.05) is 19.3 Å². The summed E-state index contributed by atoms with van der Waals surface area (Å²) in [7, 11) is -2.21. The molecule has 1 N–H and O–H groups in total. The molecule has 92 valence electrons. The molecule has 1 unspecified atom stereocenters. The Kier molecular flexibility index (Phi) is 4.28. The van der Waals surface area contributed by atoms with Crippen molar-refractivity contribution in [1.82, 2.24) is 9.62 Å². The van der Waals surface area contributed by atoms with E-state index < -0.39 is 22.0 Å². The van der Waals surface area contributed by atoms with Gasteiger partial charge in [-0.15, -0.1) is 11.6 Å². The molecule has 0 bridgehead atoms. The smallest absolute Gasteiger partial charge is 0.247 e. The minimum absolute atomic E-state index is 0.0367. The molecule has 8 heteroatoms. The normalized spacial score (nSPS) is 22.6. The van der Waals surface area contributed by atoms with Crippen molar-refractivity contribution in [3.8, 4) is 0 Å². The Bertz CT molecular complexity index is 395. The van der Waals surface area contributed by atoms with Crippen LogP contribution in [0.4, 0.5) is 0 Å². The van der Waals surface area contributed by atoms with Crippen LogP contribution in [-0.4, -0.2) is 49.9 Å². The van der Waals surface area contributed by atoms with E-state index in [0.717, 1.165) is 4.90 Å². The Labute approximate surface area is 99.0 Å². The van der Waals surface area contributed by atoms with Crippen LogP contribution in [0.3, 0.4) is 0 Å². The number of rotatable bonds is 4. The highest BCUT2D eigenvalue weighted by Crippen LogP contribution is 2.12. The second kappa shape index (κ2) is 5.11. The molecule has 1 fully saturated rings. The zero-order valence-corrected chi connectivity index (χ0v) is 10.3. The molecular formula is C8H13ClN2O4S. The number of carbonyl (C=O) groups excluding carboxylic acids is 2. The minimum atomic E-state index is -3.55. The van der Waals surface area contributed by atoms with Crippen LogP contribution >= 0.6 is 11.6 Å². The molecule has 1 saturated heterocycles. The first-order chi connectivity index (χ1) is 7.37. The van der Waals surface area contributed by atoms with E-state index in [9.17, 15) is 18.0 Å². The predicted molar refractivity (Wildman–Crippen MR) is 58.4 cm³/mol. The molecule has 0 aromatic rings. The lowest BCUT2D eigenvalue weighted by atomic mass is 10.1. The highest BCUT2D eigenvalue weighted by molar-refractivity contribution is 7.89. The number of halogens is 1. The molecule has 1 aliphatic rings. The van der Waals surface area contributed by atoms with Gasteiger partial charge in [-0.1, -0.05) is 0 Å². The van der Waals surface area contributed by atoms with E-state index in [2.05, 4.69) is 4.72 Å². The Morgan fingerprint density at radius 3 is 2.69 bits per heavy atom. The van der Waals surface area contributed by atoms with Crippen molar-refractivity contribution >= 4 is 33.4 Å². The lowest BCUT2D eigenvalue weighted by Crippen LogP contribution is -2.53. The van der Waals surface area contributed by atoms with E-state index >= 15 is 0 Å². The van der Waals surface area contributed by atoms with Crippen molar-refractivity contribution in [3.63, 3.8) is 0 Å². The Morgan fingerprint density at radius 2 is 2.12 bits per heavy atom. The van der Waals surface area contributed by atoms with Gasteiger partial charge in [-0.25, -0.2) is 13.1 Å². The second-order valence-electron chi connectivity index (χ2n) is 3.51. The predicted octanol–water partition coefficient (Wildman–Crippen LogP) is -0.708. The van der Waals surface area contributed by atoms with E-state index in [1.807, 2.05) is 0 Å². The number of carbonyl (C=O) groups is 2. The van der Waals surface area contributed by atoms with Gasteiger partial charge in [-0.05, 0) is 6.42 Å². The van der Waals surface area contributed by atoms with Crippen molar-refractivity contribution in [2.75, 3.05) is 18.7 Å². The highest BCUT2D eigenvalue weighted by atomic mass is 35.5. The standard InChI is InChI=1S/C8H13ClN2O4S/c1-11-7(12)3-2-6(8(11)13)10-16(14,15)5-4-9/h6,10H,2-5H2,1H3. The molecule has 0 aromatic carbocycles. The van der Waals surface area contributed by atoms with Gasteiger partial charge in [0.2, 0.25) is 21.8 Å². The van der Waals surface area contributed by atoms with Gasteiger partial charge in [-0.3, -0.25) is 14.5 Å². The molecule has 0 radical (unpaired) electrons. The van der Waals surface area contributed by atoms with Gasteiger partial charge < -0.3 is 0 Å². The van der Waals surface area contributed by atoms with E-state index in [4.69, 9.17) is 11.6 Å². The summed E-state index contributed by atoms with van der Waals surface area (Å²) >= 11 is 5.32. The average Bonchev–Trinajstić information content (AvgIpc) is 2.19. The molecule has 0 aliphatic carbocycles. The number of nitrogens with zero attached hydrogens (tertiary/aromatic N) is 1. The van der Waals surface area contributed by atoms with Crippen LogP contribution in [0.5, 0.6) is 0 Å². The molecule has 2 amide bonds. The molecule has 1 rings (SSSR count). The molecule has 0 aromatic heterocycles. The monoisotopic (exact) mass is 268 g/mol. The lowest BCUT2D eigenvalue weighted by molar-refractivity contribution is -0.147. The summed E-state index contributed by atoms with van der Waals surface area (Å²) in [4.78, 5) is 23.7. The third-order valence-corrected chi connectivity index (χ3v) is 4.12. The first kappa shape index (κ1) is 13.4. The van der Waals surface area contributed by atoms with Crippen LogP contribution in [0.15, 0.2) is 0 Å². The maximum absolute atomic E-state index is 11.6. The molecule has 0 saturated carbocycles. The lowest BCUT2D eigenvalue weighted by Gasteiger charge is -2.27.